The van der Waals surface area contributed by atoms with Crippen molar-refractivity contribution in [1.29, 1.82) is 0 Å². The highest BCUT2D eigenvalue weighted by Gasteiger charge is 2.31. The third-order valence-corrected chi connectivity index (χ3v) is 4.57. The maximum absolute atomic E-state index is 12.6. The minimum Gasteiger partial charge on any atom is -0.479 e. The van der Waals surface area contributed by atoms with E-state index in [1.54, 1.807) is 10.9 Å². The van der Waals surface area contributed by atoms with Crippen molar-refractivity contribution in [2.24, 2.45) is 0 Å². The molecule has 6 heteroatoms. The number of carbonyl (C=O) groups excluding carboxylic acids is 1. The molecule has 3 rings (SSSR count). The summed E-state index contributed by atoms with van der Waals surface area (Å²) in [5.41, 5.74) is 4.12. The van der Waals surface area contributed by atoms with Crippen LogP contribution >= 0.6 is 11.3 Å². The fourth-order valence-corrected chi connectivity index (χ4v) is 3.48. The van der Waals surface area contributed by atoms with Crippen molar-refractivity contribution in [2.45, 2.75) is 31.2 Å². The lowest BCUT2D eigenvalue weighted by molar-refractivity contribution is -0.142. The van der Waals surface area contributed by atoms with Crippen molar-refractivity contribution in [3.63, 3.8) is 0 Å². The summed E-state index contributed by atoms with van der Waals surface area (Å²) in [5, 5.41) is 13.6. The van der Waals surface area contributed by atoms with E-state index in [0.717, 1.165) is 24.8 Å². The number of nitrogens with zero attached hydrogens (tertiary/aromatic N) is 1. The molecule has 1 amide bonds. The lowest BCUT2D eigenvalue weighted by Crippen LogP contribution is -2.38. The van der Waals surface area contributed by atoms with E-state index in [9.17, 15) is 14.7 Å². The summed E-state index contributed by atoms with van der Waals surface area (Å²) in [6.45, 7) is 0. The average molecular weight is 316 g/mol. The molecular weight excluding hydrogens is 300 g/mol. The van der Waals surface area contributed by atoms with Crippen molar-refractivity contribution in [2.75, 3.05) is 0 Å². The second kappa shape index (κ2) is 6.27. The number of carboxylic acids is 1. The van der Waals surface area contributed by atoms with Crippen LogP contribution in [0.25, 0.3) is 0 Å². The molecular formula is C16H16N2O3S. The molecule has 0 aliphatic heterocycles. The molecule has 5 nitrogen and oxygen atoms in total. The Kier molecular flexibility index (Phi) is 4.20. The summed E-state index contributed by atoms with van der Waals surface area (Å²) in [5.74, 6) is -1.62. The first-order valence-corrected chi connectivity index (χ1v) is 8.10. The van der Waals surface area contributed by atoms with Crippen molar-refractivity contribution in [3.05, 3.63) is 52.0 Å². The van der Waals surface area contributed by atoms with Crippen LogP contribution in [0.2, 0.25) is 0 Å². The number of hydrogen-bond donors (Lipinski definition) is 2. The van der Waals surface area contributed by atoms with Crippen LogP contribution < -0.4 is 5.32 Å². The number of aryl methyl sites for hydroxylation is 1. The number of aliphatic carboxylic acids is 1. The zero-order valence-electron chi connectivity index (χ0n) is 11.9. The van der Waals surface area contributed by atoms with Gasteiger partial charge in [0.2, 0.25) is 5.91 Å². The first-order chi connectivity index (χ1) is 10.7. The first kappa shape index (κ1) is 14.7. The molecule has 2 aromatic rings. The number of amides is 1. The lowest BCUT2D eigenvalue weighted by Gasteiger charge is -2.25. The van der Waals surface area contributed by atoms with E-state index in [1.807, 2.05) is 24.3 Å². The number of carboxylic acid groups (broad SMARTS) is 1. The molecule has 2 N–H and O–H groups in total. The normalized spacial score (nSPS) is 18.3. The van der Waals surface area contributed by atoms with Gasteiger partial charge in [0, 0.05) is 5.38 Å². The van der Waals surface area contributed by atoms with E-state index >= 15 is 0 Å². The number of hydrogen-bond acceptors (Lipinski definition) is 4. The van der Waals surface area contributed by atoms with Gasteiger partial charge >= 0.3 is 5.97 Å². The molecule has 1 aromatic carbocycles. The molecule has 1 aliphatic carbocycles. The highest BCUT2D eigenvalue weighted by molar-refractivity contribution is 7.07. The molecule has 0 fully saturated rings. The van der Waals surface area contributed by atoms with Crippen molar-refractivity contribution in [3.8, 4) is 0 Å². The second-order valence-corrected chi connectivity index (χ2v) is 6.06. The molecule has 2 unspecified atom stereocenters. The van der Waals surface area contributed by atoms with Gasteiger partial charge in [-0.3, -0.25) is 4.79 Å². The van der Waals surface area contributed by atoms with Crippen molar-refractivity contribution < 1.29 is 14.7 Å². The van der Waals surface area contributed by atoms with E-state index in [-0.39, 0.29) is 11.8 Å². The van der Waals surface area contributed by atoms with Crippen LogP contribution in [0.15, 0.2) is 35.2 Å². The summed E-state index contributed by atoms with van der Waals surface area (Å²) in [4.78, 5) is 28.0. The Morgan fingerprint density at radius 3 is 2.91 bits per heavy atom. The van der Waals surface area contributed by atoms with Crippen LogP contribution in [0.4, 0.5) is 0 Å². The highest BCUT2D eigenvalue weighted by atomic mass is 32.1. The Morgan fingerprint density at radius 1 is 1.36 bits per heavy atom. The minimum absolute atomic E-state index is 0.243. The Bertz CT molecular complexity index is 684. The zero-order chi connectivity index (χ0) is 15.5. The van der Waals surface area contributed by atoms with Gasteiger partial charge in [-0.25, -0.2) is 9.78 Å². The van der Waals surface area contributed by atoms with E-state index in [1.165, 1.54) is 16.9 Å². The van der Waals surface area contributed by atoms with Gasteiger partial charge < -0.3 is 10.4 Å². The number of rotatable bonds is 4. The predicted octanol–water partition coefficient (Wildman–Crippen LogP) is 2.51. The van der Waals surface area contributed by atoms with Crippen molar-refractivity contribution >= 4 is 23.2 Å². The van der Waals surface area contributed by atoms with E-state index in [0.29, 0.717) is 5.69 Å². The van der Waals surface area contributed by atoms with Gasteiger partial charge in [0.05, 0.1) is 17.1 Å². The SMILES string of the molecule is O=C(NC(C(=O)O)c1cscn1)C1CCCc2ccccc21. The zero-order valence-corrected chi connectivity index (χ0v) is 12.7. The fourth-order valence-electron chi connectivity index (χ4n) is 2.90. The van der Waals surface area contributed by atoms with E-state index in [2.05, 4.69) is 10.3 Å². The number of benzene rings is 1. The fraction of sp³-hybridized carbons (Fsp3) is 0.312. The van der Waals surface area contributed by atoms with Gasteiger partial charge in [-0.15, -0.1) is 11.3 Å². The van der Waals surface area contributed by atoms with Crippen LogP contribution in [0.1, 0.15) is 41.6 Å². The van der Waals surface area contributed by atoms with Crippen LogP contribution in [-0.2, 0) is 16.0 Å². The maximum Gasteiger partial charge on any atom is 0.332 e. The average Bonchev–Trinajstić information content (AvgIpc) is 3.05. The van der Waals surface area contributed by atoms with E-state index in [4.69, 9.17) is 0 Å². The van der Waals surface area contributed by atoms with Crippen LogP contribution in [0.5, 0.6) is 0 Å². The molecule has 0 spiro atoms. The molecule has 1 aromatic heterocycles. The monoisotopic (exact) mass is 316 g/mol. The van der Waals surface area contributed by atoms with Crippen LogP contribution in [0.3, 0.4) is 0 Å². The predicted molar refractivity (Wildman–Crippen MR) is 82.8 cm³/mol. The van der Waals surface area contributed by atoms with Crippen LogP contribution in [-0.4, -0.2) is 22.0 Å². The maximum atomic E-state index is 12.6. The molecule has 0 radical (unpaired) electrons. The van der Waals surface area contributed by atoms with Gasteiger partial charge in [0.15, 0.2) is 6.04 Å². The molecule has 0 saturated carbocycles. The summed E-state index contributed by atoms with van der Waals surface area (Å²) in [7, 11) is 0. The minimum atomic E-state index is -1.09. The van der Waals surface area contributed by atoms with Gasteiger partial charge in [0.25, 0.3) is 0 Å². The highest BCUT2D eigenvalue weighted by Crippen LogP contribution is 2.32. The number of aromatic nitrogens is 1. The van der Waals surface area contributed by atoms with Gasteiger partial charge in [0.1, 0.15) is 0 Å². The number of fused-ring (bicyclic) bond motifs is 1. The standard InChI is InChI=1S/C16H16N2O3S/c19-15(18-14(16(20)21)13-8-22-9-17-13)12-7-3-5-10-4-1-2-6-11(10)12/h1-2,4,6,8-9,12,14H,3,5,7H2,(H,18,19)(H,20,21). The number of carbonyl (C=O) groups is 2. The second-order valence-electron chi connectivity index (χ2n) is 5.34. The molecule has 0 saturated heterocycles. The van der Waals surface area contributed by atoms with Gasteiger partial charge in [-0.05, 0) is 30.4 Å². The number of nitrogens with one attached hydrogen (secondary N) is 1. The Hall–Kier alpha value is -2.21. The summed E-state index contributed by atoms with van der Waals surface area (Å²) in [6, 6.07) is 6.78. The Morgan fingerprint density at radius 2 is 2.18 bits per heavy atom. The third-order valence-electron chi connectivity index (χ3n) is 3.97. The molecule has 2 atom stereocenters. The Labute approximate surface area is 132 Å². The smallest absolute Gasteiger partial charge is 0.332 e. The molecule has 0 bridgehead atoms. The largest absolute Gasteiger partial charge is 0.479 e. The Balaban J connectivity index is 1.81. The molecule has 1 aliphatic rings. The lowest BCUT2D eigenvalue weighted by atomic mass is 9.82. The quantitative estimate of drug-likeness (QED) is 0.908. The summed E-state index contributed by atoms with van der Waals surface area (Å²) in [6.07, 6.45) is 2.64. The van der Waals surface area contributed by atoms with E-state index < -0.39 is 12.0 Å². The molecule has 114 valence electrons. The number of thiazole rings is 1. The van der Waals surface area contributed by atoms with Gasteiger partial charge in [-0.2, -0.15) is 0 Å². The van der Waals surface area contributed by atoms with Crippen molar-refractivity contribution in [1.82, 2.24) is 10.3 Å². The first-order valence-electron chi connectivity index (χ1n) is 7.16. The van der Waals surface area contributed by atoms with Crippen LogP contribution in [0, 0.1) is 0 Å². The molecule has 22 heavy (non-hydrogen) atoms. The topological polar surface area (TPSA) is 79.3 Å². The summed E-state index contributed by atoms with van der Waals surface area (Å²) < 4.78 is 0. The molecule has 1 heterocycles. The van der Waals surface area contributed by atoms with Gasteiger partial charge in [-0.1, -0.05) is 24.3 Å². The summed E-state index contributed by atoms with van der Waals surface area (Å²) >= 11 is 1.31. The third kappa shape index (κ3) is 2.87.